The van der Waals surface area contributed by atoms with Gasteiger partial charge < -0.3 is 4.90 Å². The van der Waals surface area contributed by atoms with Gasteiger partial charge in [0.05, 0.1) is 4.47 Å². The third-order valence-corrected chi connectivity index (χ3v) is 2.20. The van der Waals surface area contributed by atoms with Gasteiger partial charge in [0.25, 0.3) is 0 Å². The number of nitrogens with zero attached hydrogens (tertiary/aromatic N) is 3. The number of rotatable bonds is 4. The van der Waals surface area contributed by atoms with Gasteiger partial charge in [0.2, 0.25) is 5.95 Å². The normalized spacial score (nSPS) is 10.1. The van der Waals surface area contributed by atoms with Crippen LogP contribution in [0.4, 0.5) is 5.95 Å². The first-order valence-corrected chi connectivity index (χ1v) is 5.22. The van der Waals surface area contributed by atoms with Gasteiger partial charge in [0.15, 0.2) is 0 Å². The van der Waals surface area contributed by atoms with Crippen molar-refractivity contribution in [3.63, 3.8) is 0 Å². The third-order valence-electron chi connectivity index (χ3n) is 1.80. The monoisotopic (exact) mass is 243 g/mol. The van der Waals surface area contributed by atoms with Crippen LogP contribution in [-0.2, 0) is 0 Å². The molecule has 0 aliphatic carbocycles. The average Bonchev–Trinajstić information content (AvgIpc) is 2.15. The van der Waals surface area contributed by atoms with Crippen LogP contribution in [0.15, 0.2) is 16.9 Å². The first kappa shape index (κ1) is 10.4. The van der Waals surface area contributed by atoms with Crippen LogP contribution in [0.5, 0.6) is 0 Å². The molecule has 0 aliphatic rings. The Morgan fingerprint density at radius 2 is 2.00 bits per heavy atom. The molecule has 1 aromatic heterocycles. The van der Waals surface area contributed by atoms with Crippen LogP contribution >= 0.6 is 15.9 Å². The van der Waals surface area contributed by atoms with E-state index >= 15 is 0 Å². The summed E-state index contributed by atoms with van der Waals surface area (Å²) in [7, 11) is 2.01. The zero-order valence-electron chi connectivity index (χ0n) is 8.00. The maximum atomic E-state index is 4.20. The molecule has 0 atom stereocenters. The molecule has 0 unspecified atom stereocenters. The van der Waals surface area contributed by atoms with Crippen LogP contribution in [0, 0.1) is 0 Å². The Kier molecular flexibility index (Phi) is 4.15. The van der Waals surface area contributed by atoms with Gasteiger partial charge in [0, 0.05) is 26.0 Å². The van der Waals surface area contributed by atoms with E-state index in [1.165, 1.54) is 12.8 Å². The standard InChI is InChI=1S/C9H14BrN3/c1-3-4-5-13(2)9-11-6-8(10)7-12-9/h6-7H,3-5H2,1-2H3. The van der Waals surface area contributed by atoms with E-state index in [0.29, 0.717) is 0 Å². The molecule has 4 heteroatoms. The Morgan fingerprint density at radius 3 is 2.54 bits per heavy atom. The molecule has 1 aromatic rings. The molecule has 72 valence electrons. The Labute approximate surface area is 87.3 Å². The van der Waals surface area contributed by atoms with Gasteiger partial charge in [-0.05, 0) is 22.4 Å². The summed E-state index contributed by atoms with van der Waals surface area (Å²) < 4.78 is 0.917. The van der Waals surface area contributed by atoms with E-state index < -0.39 is 0 Å². The maximum absolute atomic E-state index is 4.20. The van der Waals surface area contributed by atoms with E-state index in [-0.39, 0.29) is 0 Å². The molecule has 0 aromatic carbocycles. The molecule has 0 saturated carbocycles. The fraction of sp³-hybridized carbons (Fsp3) is 0.556. The van der Waals surface area contributed by atoms with E-state index in [1.54, 1.807) is 12.4 Å². The summed E-state index contributed by atoms with van der Waals surface area (Å²) in [5.41, 5.74) is 0. The lowest BCUT2D eigenvalue weighted by Crippen LogP contribution is -2.20. The predicted octanol–water partition coefficient (Wildman–Crippen LogP) is 2.48. The molecular formula is C9H14BrN3. The Balaban J connectivity index is 2.55. The highest BCUT2D eigenvalue weighted by atomic mass is 79.9. The summed E-state index contributed by atoms with van der Waals surface area (Å²) in [6, 6.07) is 0. The second kappa shape index (κ2) is 5.17. The molecule has 0 N–H and O–H groups in total. The van der Waals surface area contributed by atoms with Crippen molar-refractivity contribution in [1.29, 1.82) is 0 Å². The van der Waals surface area contributed by atoms with E-state index in [4.69, 9.17) is 0 Å². The molecule has 0 saturated heterocycles. The van der Waals surface area contributed by atoms with Crippen LogP contribution in [0.25, 0.3) is 0 Å². The lowest BCUT2D eigenvalue weighted by Gasteiger charge is -2.15. The van der Waals surface area contributed by atoms with Gasteiger partial charge in [0.1, 0.15) is 0 Å². The maximum Gasteiger partial charge on any atom is 0.225 e. The number of hydrogen-bond donors (Lipinski definition) is 0. The van der Waals surface area contributed by atoms with Gasteiger partial charge in [-0.15, -0.1) is 0 Å². The zero-order valence-corrected chi connectivity index (χ0v) is 9.58. The molecule has 0 radical (unpaired) electrons. The smallest absolute Gasteiger partial charge is 0.225 e. The Bertz CT molecular complexity index is 248. The molecule has 13 heavy (non-hydrogen) atoms. The van der Waals surface area contributed by atoms with Gasteiger partial charge in [-0.3, -0.25) is 0 Å². The molecule has 0 aliphatic heterocycles. The molecule has 0 spiro atoms. The number of unbranched alkanes of at least 4 members (excludes halogenated alkanes) is 1. The first-order valence-electron chi connectivity index (χ1n) is 4.42. The van der Waals surface area contributed by atoms with Crippen LogP contribution in [-0.4, -0.2) is 23.6 Å². The number of aromatic nitrogens is 2. The summed E-state index contributed by atoms with van der Waals surface area (Å²) in [4.78, 5) is 10.5. The van der Waals surface area contributed by atoms with E-state index in [0.717, 1.165) is 17.0 Å². The largest absolute Gasteiger partial charge is 0.344 e. The van der Waals surface area contributed by atoms with Gasteiger partial charge >= 0.3 is 0 Å². The van der Waals surface area contributed by atoms with Crippen molar-refractivity contribution in [3.8, 4) is 0 Å². The van der Waals surface area contributed by atoms with E-state index in [2.05, 4.69) is 37.7 Å². The lowest BCUT2D eigenvalue weighted by molar-refractivity contribution is 0.749. The fourth-order valence-corrected chi connectivity index (χ4v) is 1.20. The van der Waals surface area contributed by atoms with Gasteiger partial charge in [-0.25, -0.2) is 9.97 Å². The minimum Gasteiger partial charge on any atom is -0.344 e. The molecule has 0 amide bonds. The lowest BCUT2D eigenvalue weighted by atomic mass is 10.3. The number of halogens is 1. The predicted molar refractivity (Wildman–Crippen MR) is 57.9 cm³/mol. The summed E-state index contributed by atoms with van der Waals surface area (Å²) >= 11 is 3.30. The minimum absolute atomic E-state index is 0.789. The van der Waals surface area contributed by atoms with Crippen LogP contribution in [0.2, 0.25) is 0 Å². The van der Waals surface area contributed by atoms with Crippen molar-refractivity contribution in [2.45, 2.75) is 19.8 Å². The molecule has 1 rings (SSSR count). The van der Waals surface area contributed by atoms with Crippen molar-refractivity contribution in [2.75, 3.05) is 18.5 Å². The minimum atomic E-state index is 0.789. The van der Waals surface area contributed by atoms with Gasteiger partial charge in [-0.1, -0.05) is 13.3 Å². The first-order chi connectivity index (χ1) is 6.24. The third kappa shape index (κ3) is 3.30. The summed E-state index contributed by atoms with van der Waals surface area (Å²) in [5.74, 6) is 0.789. The number of hydrogen-bond acceptors (Lipinski definition) is 3. The highest BCUT2D eigenvalue weighted by molar-refractivity contribution is 9.10. The summed E-state index contributed by atoms with van der Waals surface area (Å²) in [5, 5.41) is 0. The highest BCUT2D eigenvalue weighted by Gasteiger charge is 2.01. The van der Waals surface area contributed by atoms with Crippen molar-refractivity contribution in [3.05, 3.63) is 16.9 Å². The molecular weight excluding hydrogens is 230 g/mol. The van der Waals surface area contributed by atoms with Crippen LogP contribution in [0.1, 0.15) is 19.8 Å². The van der Waals surface area contributed by atoms with Crippen molar-refractivity contribution >= 4 is 21.9 Å². The molecule has 0 fully saturated rings. The molecule has 3 nitrogen and oxygen atoms in total. The summed E-state index contributed by atoms with van der Waals surface area (Å²) in [6.07, 6.45) is 5.91. The van der Waals surface area contributed by atoms with E-state index in [1.807, 2.05) is 7.05 Å². The highest BCUT2D eigenvalue weighted by Crippen LogP contribution is 2.09. The molecule has 1 heterocycles. The van der Waals surface area contributed by atoms with Crippen molar-refractivity contribution in [2.24, 2.45) is 0 Å². The average molecular weight is 244 g/mol. The summed E-state index contributed by atoms with van der Waals surface area (Å²) in [6.45, 7) is 3.19. The van der Waals surface area contributed by atoms with Crippen molar-refractivity contribution in [1.82, 2.24) is 9.97 Å². The Hall–Kier alpha value is -0.640. The zero-order chi connectivity index (χ0) is 9.68. The number of anilines is 1. The van der Waals surface area contributed by atoms with Crippen LogP contribution < -0.4 is 4.90 Å². The second-order valence-electron chi connectivity index (χ2n) is 2.98. The SMILES string of the molecule is CCCCN(C)c1ncc(Br)cn1. The Morgan fingerprint density at radius 1 is 1.38 bits per heavy atom. The fourth-order valence-electron chi connectivity index (χ4n) is 0.998. The van der Waals surface area contributed by atoms with E-state index in [9.17, 15) is 0 Å². The van der Waals surface area contributed by atoms with Crippen molar-refractivity contribution < 1.29 is 0 Å². The quantitative estimate of drug-likeness (QED) is 0.814. The van der Waals surface area contributed by atoms with Crippen LogP contribution in [0.3, 0.4) is 0 Å². The second-order valence-corrected chi connectivity index (χ2v) is 3.89. The topological polar surface area (TPSA) is 29.0 Å². The molecule has 0 bridgehead atoms. The van der Waals surface area contributed by atoms with Gasteiger partial charge in [-0.2, -0.15) is 0 Å².